The Hall–Kier alpha value is -2.53. The Kier molecular flexibility index (Phi) is 6.48. The third-order valence-corrected chi connectivity index (χ3v) is 6.53. The lowest BCUT2D eigenvalue weighted by atomic mass is 10.1. The van der Waals surface area contributed by atoms with Crippen LogP contribution in [0, 0.1) is 6.92 Å². The Bertz CT molecular complexity index is 1020. The number of ether oxygens (including phenoxy) is 2. The zero-order valence-electron chi connectivity index (χ0n) is 16.2. The topological polar surface area (TPSA) is 122 Å². The number of benzene rings is 1. The molecular formula is C19H23N3O6S. The molecule has 10 heteroatoms. The first-order valence-corrected chi connectivity index (χ1v) is 10.4. The molecule has 9 nitrogen and oxygen atoms in total. The molecule has 1 fully saturated rings. The number of hydrogen-bond donors (Lipinski definition) is 2. The summed E-state index contributed by atoms with van der Waals surface area (Å²) < 4.78 is 37.9. The van der Waals surface area contributed by atoms with Gasteiger partial charge in [-0.15, -0.1) is 0 Å². The van der Waals surface area contributed by atoms with Crippen molar-refractivity contribution in [2.24, 2.45) is 4.99 Å². The molecule has 1 aromatic carbocycles. The van der Waals surface area contributed by atoms with Crippen molar-refractivity contribution in [1.29, 1.82) is 0 Å². The summed E-state index contributed by atoms with van der Waals surface area (Å²) in [4.78, 5) is 8.31. The van der Waals surface area contributed by atoms with E-state index in [-0.39, 0.29) is 36.1 Å². The van der Waals surface area contributed by atoms with Crippen molar-refractivity contribution in [2.45, 2.75) is 18.4 Å². The fraction of sp³-hybridized carbons (Fsp3) is 0.368. The lowest BCUT2D eigenvalue weighted by molar-refractivity contribution is 0.0729. The van der Waals surface area contributed by atoms with Gasteiger partial charge in [0.05, 0.1) is 38.3 Å². The van der Waals surface area contributed by atoms with Gasteiger partial charge in [0.15, 0.2) is 0 Å². The van der Waals surface area contributed by atoms with E-state index < -0.39 is 10.0 Å². The van der Waals surface area contributed by atoms with Gasteiger partial charge in [0, 0.05) is 36.6 Å². The number of pyridine rings is 1. The first-order valence-electron chi connectivity index (χ1n) is 8.96. The second-order valence-electron chi connectivity index (χ2n) is 6.40. The zero-order chi connectivity index (χ0) is 21.0. The minimum atomic E-state index is -3.78. The quantitative estimate of drug-likeness (QED) is 0.676. The van der Waals surface area contributed by atoms with Gasteiger partial charge in [0.25, 0.3) is 0 Å². The molecule has 0 aliphatic carbocycles. The summed E-state index contributed by atoms with van der Waals surface area (Å²) >= 11 is 0. The normalized spacial score (nSPS) is 15.7. The number of aliphatic hydroxyl groups is 1. The molecule has 0 unspecified atom stereocenters. The van der Waals surface area contributed by atoms with Gasteiger partial charge in [-0.05, 0) is 25.1 Å². The molecule has 29 heavy (non-hydrogen) atoms. The second-order valence-corrected chi connectivity index (χ2v) is 8.31. The molecule has 3 rings (SSSR count). The summed E-state index contributed by atoms with van der Waals surface area (Å²) in [5.74, 6) is 0.129. The molecule has 2 N–H and O–H groups in total. The molecule has 0 spiro atoms. The number of aromatic hydroxyl groups is 1. The maximum atomic E-state index is 13.0. The SMILES string of the molecule is COc1ccc(N=Cc2c(CO)cnc(C)c2O)cc1S(=O)(=O)N1CCOCC1. The van der Waals surface area contributed by atoms with Gasteiger partial charge in [-0.2, -0.15) is 4.31 Å². The summed E-state index contributed by atoms with van der Waals surface area (Å²) in [6.07, 6.45) is 2.83. The van der Waals surface area contributed by atoms with Gasteiger partial charge in [-0.1, -0.05) is 0 Å². The molecule has 0 atom stereocenters. The maximum Gasteiger partial charge on any atom is 0.246 e. The number of methoxy groups -OCH3 is 1. The molecule has 0 bridgehead atoms. The Balaban J connectivity index is 2.00. The van der Waals surface area contributed by atoms with Gasteiger partial charge in [-0.25, -0.2) is 8.42 Å². The van der Waals surface area contributed by atoms with Crippen LogP contribution in [-0.4, -0.2) is 67.5 Å². The van der Waals surface area contributed by atoms with Gasteiger partial charge in [0.2, 0.25) is 10.0 Å². The van der Waals surface area contributed by atoms with E-state index in [4.69, 9.17) is 9.47 Å². The minimum Gasteiger partial charge on any atom is -0.505 e. The monoisotopic (exact) mass is 421 g/mol. The van der Waals surface area contributed by atoms with Crippen LogP contribution in [0.25, 0.3) is 0 Å². The van der Waals surface area contributed by atoms with Crippen molar-refractivity contribution in [3.63, 3.8) is 0 Å². The van der Waals surface area contributed by atoms with Gasteiger partial charge >= 0.3 is 0 Å². The number of aryl methyl sites for hydroxylation is 1. The fourth-order valence-electron chi connectivity index (χ4n) is 2.93. The van der Waals surface area contributed by atoms with Crippen molar-refractivity contribution < 1.29 is 28.1 Å². The molecule has 0 amide bonds. The summed E-state index contributed by atoms with van der Waals surface area (Å²) in [5.41, 5.74) is 1.49. The van der Waals surface area contributed by atoms with E-state index in [0.717, 1.165) is 0 Å². The van der Waals surface area contributed by atoms with Gasteiger partial charge in [-0.3, -0.25) is 9.98 Å². The van der Waals surface area contributed by atoms with E-state index in [1.54, 1.807) is 13.0 Å². The van der Waals surface area contributed by atoms with Crippen LogP contribution in [0.4, 0.5) is 5.69 Å². The van der Waals surface area contributed by atoms with Crippen molar-refractivity contribution in [3.8, 4) is 11.5 Å². The zero-order valence-corrected chi connectivity index (χ0v) is 17.0. The Labute approximate surface area is 169 Å². The molecule has 0 radical (unpaired) electrons. The molecular weight excluding hydrogens is 398 g/mol. The third-order valence-electron chi connectivity index (χ3n) is 4.61. The molecule has 0 saturated carbocycles. The number of nitrogens with zero attached hydrogens (tertiary/aromatic N) is 3. The van der Waals surface area contributed by atoms with Crippen LogP contribution in [-0.2, 0) is 21.4 Å². The summed E-state index contributed by atoms with van der Waals surface area (Å²) in [7, 11) is -2.38. The highest BCUT2D eigenvalue weighted by atomic mass is 32.2. The number of aliphatic hydroxyl groups excluding tert-OH is 1. The summed E-state index contributed by atoms with van der Waals surface area (Å²) in [5, 5.41) is 19.7. The molecule has 1 aromatic heterocycles. The number of morpholine rings is 1. The minimum absolute atomic E-state index is 0.00839. The first kappa shape index (κ1) is 21.2. The summed E-state index contributed by atoms with van der Waals surface area (Å²) in [6.45, 7) is 2.52. The standard InChI is InChI=1S/C19H23N3O6S/c1-13-19(24)16(14(12-23)10-20-13)11-21-15-3-4-17(27-2)18(9-15)29(25,26)22-5-7-28-8-6-22/h3-4,9-11,23-24H,5-8,12H2,1-2H3. The predicted molar refractivity (Wildman–Crippen MR) is 106 cm³/mol. The van der Waals surface area contributed by atoms with Crippen LogP contribution in [0.5, 0.6) is 11.5 Å². The lowest BCUT2D eigenvalue weighted by Gasteiger charge is -2.26. The molecule has 156 valence electrons. The molecule has 1 aliphatic rings. The fourth-order valence-corrected chi connectivity index (χ4v) is 4.52. The first-order chi connectivity index (χ1) is 13.9. The Morgan fingerprint density at radius 1 is 1.34 bits per heavy atom. The van der Waals surface area contributed by atoms with E-state index in [0.29, 0.717) is 35.7 Å². The van der Waals surface area contributed by atoms with Crippen LogP contribution >= 0.6 is 0 Å². The Morgan fingerprint density at radius 3 is 2.72 bits per heavy atom. The highest BCUT2D eigenvalue weighted by molar-refractivity contribution is 7.89. The van der Waals surface area contributed by atoms with E-state index in [2.05, 4.69) is 9.98 Å². The lowest BCUT2D eigenvalue weighted by Crippen LogP contribution is -2.40. The number of aliphatic imine (C=N–C) groups is 1. The van der Waals surface area contributed by atoms with Gasteiger partial charge in [0.1, 0.15) is 16.4 Å². The number of aromatic nitrogens is 1. The van der Waals surface area contributed by atoms with Crippen molar-refractivity contribution in [1.82, 2.24) is 9.29 Å². The molecule has 1 aliphatic heterocycles. The average molecular weight is 421 g/mol. The van der Waals surface area contributed by atoms with Crippen LogP contribution in [0.3, 0.4) is 0 Å². The smallest absolute Gasteiger partial charge is 0.246 e. The third kappa shape index (κ3) is 4.40. The van der Waals surface area contributed by atoms with Crippen LogP contribution in [0.1, 0.15) is 16.8 Å². The van der Waals surface area contributed by atoms with E-state index in [1.165, 1.54) is 36.0 Å². The largest absolute Gasteiger partial charge is 0.505 e. The molecule has 2 aromatic rings. The van der Waals surface area contributed by atoms with E-state index in [9.17, 15) is 18.6 Å². The number of hydrogen-bond acceptors (Lipinski definition) is 8. The van der Waals surface area contributed by atoms with Crippen LogP contribution in [0.2, 0.25) is 0 Å². The Morgan fingerprint density at radius 2 is 2.07 bits per heavy atom. The van der Waals surface area contributed by atoms with Crippen LogP contribution < -0.4 is 4.74 Å². The van der Waals surface area contributed by atoms with E-state index in [1.807, 2.05) is 0 Å². The van der Waals surface area contributed by atoms with Crippen molar-refractivity contribution in [3.05, 3.63) is 41.2 Å². The average Bonchev–Trinajstić information content (AvgIpc) is 2.75. The maximum absolute atomic E-state index is 13.0. The van der Waals surface area contributed by atoms with Crippen molar-refractivity contribution >= 4 is 21.9 Å². The van der Waals surface area contributed by atoms with E-state index >= 15 is 0 Å². The highest BCUT2D eigenvalue weighted by Gasteiger charge is 2.29. The van der Waals surface area contributed by atoms with Crippen molar-refractivity contribution in [2.75, 3.05) is 33.4 Å². The number of sulfonamides is 1. The van der Waals surface area contributed by atoms with Crippen LogP contribution in [0.15, 0.2) is 34.3 Å². The second kappa shape index (κ2) is 8.87. The number of rotatable bonds is 6. The molecule has 2 heterocycles. The summed E-state index contributed by atoms with van der Waals surface area (Å²) in [6, 6.07) is 4.56. The predicted octanol–water partition coefficient (Wildman–Crippen LogP) is 1.37. The molecule has 1 saturated heterocycles. The highest BCUT2D eigenvalue weighted by Crippen LogP contribution is 2.31. The van der Waals surface area contributed by atoms with Gasteiger partial charge < -0.3 is 19.7 Å².